The van der Waals surface area contributed by atoms with Crippen molar-refractivity contribution >= 4 is 29.1 Å². The Balaban J connectivity index is 2.00. The zero-order valence-electron chi connectivity index (χ0n) is 16.8. The molecule has 0 radical (unpaired) electrons. The van der Waals surface area contributed by atoms with Crippen LogP contribution in [-0.4, -0.2) is 21.0 Å². The quantitative estimate of drug-likeness (QED) is 0.421. The third-order valence-corrected chi connectivity index (χ3v) is 4.94. The van der Waals surface area contributed by atoms with E-state index in [0.717, 1.165) is 16.7 Å². The number of para-hydroxylation sites is 1. The van der Waals surface area contributed by atoms with Gasteiger partial charge in [-0.05, 0) is 44.2 Å². The first-order valence-electron chi connectivity index (χ1n) is 9.35. The topological polar surface area (TPSA) is 72.1 Å². The summed E-state index contributed by atoms with van der Waals surface area (Å²) in [5, 5.41) is 4.75. The number of aromatic nitrogens is 3. The van der Waals surface area contributed by atoms with E-state index in [9.17, 15) is 4.79 Å². The van der Waals surface area contributed by atoms with Crippen LogP contribution < -0.4 is 4.90 Å². The van der Waals surface area contributed by atoms with Gasteiger partial charge in [0.05, 0.1) is 22.0 Å². The monoisotopic (exact) mass is 418 g/mol. The van der Waals surface area contributed by atoms with E-state index in [1.807, 2.05) is 32.0 Å². The molecule has 4 aromatic rings. The number of carbonyl (C=O) groups is 1. The first-order valence-corrected chi connectivity index (χ1v) is 9.73. The van der Waals surface area contributed by atoms with Crippen molar-refractivity contribution in [1.82, 2.24) is 15.1 Å². The highest BCUT2D eigenvalue weighted by atomic mass is 35.5. The molecule has 0 bridgehead atoms. The average Bonchev–Trinajstić information content (AvgIpc) is 3.14. The molecule has 0 unspecified atom stereocenters. The van der Waals surface area contributed by atoms with Crippen LogP contribution in [0, 0.1) is 13.8 Å². The Morgan fingerprint density at radius 2 is 1.80 bits per heavy atom. The maximum Gasteiger partial charge on any atom is 0.248 e. The molecule has 0 N–H and O–H groups in total. The highest BCUT2D eigenvalue weighted by Crippen LogP contribution is 2.43. The molecular weight excluding hydrogens is 400 g/mol. The molecule has 0 atom stereocenters. The fourth-order valence-electron chi connectivity index (χ4n) is 3.47. The highest BCUT2D eigenvalue weighted by Gasteiger charge is 2.29. The van der Waals surface area contributed by atoms with Crippen LogP contribution in [0.4, 0.5) is 11.6 Å². The number of halogens is 1. The average molecular weight is 419 g/mol. The predicted octanol–water partition coefficient (Wildman–Crippen LogP) is 5.75. The maximum atomic E-state index is 12.7. The molecule has 0 spiro atoms. The first-order chi connectivity index (χ1) is 14.5. The van der Waals surface area contributed by atoms with Gasteiger partial charge in [0, 0.05) is 18.7 Å². The molecule has 0 aliphatic heterocycles. The van der Waals surface area contributed by atoms with Crippen molar-refractivity contribution in [3.63, 3.8) is 0 Å². The summed E-state index contributed by atoms with van der Waals surface area (Å²) >= 11 is 6.40. The van der Waals surface area contributed by atoms with Crippen molar-refractivity contribution in [2.75, 3.05) is 4.90 Å². The third kappa shape index (κ3) is 3.69. The number of nitrogens with zero attached hydrogens (tertiary/aromatic N) is 4. The van der Waals surface area contributed by atoms with E-state index in [1.165, 1.54) is 18.2 Å². The van der Waals surface area contributed by atoms with Gasteiger partial charge in [-0.2, -0.15) is 0 Å². The summed E-state index contributed by atoms with van der Waals surface area (Å²) in [5.41, 5.74) is 5.35. The third-order valence-electron chi connectivity index (χ3n) is 4.62. The number of amides is 1. The summed E-state index contributed by atoms with van der Waals surface area (Å²) in [7, 11) is 0. The minimum Gasteiger partial charge on any atom is -0.336 e. The number of benzene rings is 2. The van der Waals surface area contributed by atoms with Gasteiger partial charge in [0.15, 0.2) is 0 Å². The van der Waals surface area contributed by atoms with E-state index in [4.69, 9.17) is 16.1 Å². The number of aryl methyl sites for hydroxylation is 2. The normalized spacial score (nSPS) is 10.8. The van der Waals surface area contributed by atoms with E-state index in [0.29, 0.717) is 27.7 Å². The molecule has 2 aromatic carbocycles. The smallest absolute Gasteiger partial charge is 0.248 e. The van der Waals surface area contributed by atoms with Crippen molar-refractivity contribution in [3.05, 3.63) is 77.2 Å². The van der Waals surface area contributed by atoms with Crippen molar-refractivity contribution in [1.29, 1.82) is 0 Å². The Morgan fingerprint density at radius 3 is 2.43 bits per heavy atom. The Bertz CT molecular complexity index is 1200. The summed E-state index contributed by atoms with van der Waals surface area (Å²) in [4.78, 5) is 22.5. The molecule has 1 amide bonds. The summed E-state index contributed by atoms with van der Waals surface area (Å²) in [5.74, 6) is -0.00927. The van der Waals surface area contributed by atoms with Gasteiger partial charge in [0.1, 0.15) is 12.0 Å². The lowest BCUT2D eigenvalue weighted by molar-refractivity contribution is -0.116. The molecule has 0 fully saturated rings. The number of rotatable bonds is 4. The molecular formula is C23H19ClN4O2. The Hall–Kier alpha value is -3.51. The molecule has 0 saturated heterocycles. The van der Waals surface area contributed by atoms with Crippen LogP contribution in [0.25, 0.3) is 22.5 Å². The van der Waals surface area contributed by atoms with E-state index in [1.54, 1.807) is 30.5 Å². The van der Waals surface area contributed by atoms with Crippen LogP contribution in [-0.2, 0) is 4.79 Å². The predicted molar refractivity (Wildman–Crippen MR) is 117 cm³/mol. The summed E-state index contributed by atoms with van der Waals surface area (Å²) < 4.78 is 5.75. The van der Waals surface area contributed by atoms with Gasteiger partial charge in [-0.3, -0.25) is 4.79 Å². The minimum atomic E-state index is -0.262. The Labute approximate surface area is 179 Å². The van der Waals surface area contributed by atoms with Gasteiger partial charge in [-0.15, -0.1) is 0 Å². The largest absolute Gasteiger partial charge is 0.336 e. The van der Waals surface area contributed by atoms with Gasteiger partial charge in [0.2, 0.25) is 11.8 Å². The number of hydrogen-bond donors (Lipinski definition) is 0. The molecule has 7 heteroatoms. The highest BCUT2D eigenvalue weighted by molar-refractivity contribution is 6.34. The van der Waals surface area contributed by atoms with Crippen LogP contribution in [0.3, 0.4) is 0 Å². The van der Waals surface area contributed by atoms with Crippen molar-refractivity contribution in [3.8, 4) is 22.5 Å². The van der Waals surface area contributed by atoms with Gasteiger partial charge >= 0.3 is 0 Å². The minimum absolute atomic E-state index is 0.253. The molecule has 0 saturated carbocycles. The van der Waals surface area contributed by atoms with Crippen LogP contribution in [0.2, 0.25) is 5.02 Å². The van der Waals surface area contributed by atoms with Crippen LogP contribution >= 0.6 is 11.6 Å². The number of hydrogen-bond acceptors (Lipinski definition) is 5. The molecule has 2 heterocycles. The zero-order chi connectivity index (χ0) is 21.3. The zero-order valence-corrected chi connectivity index (χ0v) is 17.5. The van der Waals surface area contributed by atoms with Crippen molar-refractivity contribution < 1.29 is 9.32 Å². The van der Waals surface area contributed by atoms with Gasteiger partial charge in [-0.25, -0.2) is 14.9 Å². The summed E-state index contributed by atoms with van der Waals surface area (Å²) in [6, 6.07) is 15.0. The molecule has 0 aliphatic carbocycles. The Kier molecular flexibility index (Phi) is 5.33. The molecule has 6 nitrogen and oxygen atoms in total. The standard InChI is InChI=1S/C23H19ClN4O2/c1-14-10-15(2)12-17(11-14)22-21(19-8-9-25-13-26-19)23(30-27-22)28(16(3)29)20-7-5-4-6-18(20)24/h4-13H,1-3H3. The van der Waals surface area contributed by atoms with Crippen molar-refractivity contribution in [2.24, 2.45) is 0 Å². The van der Waals surface area contributed by atoms with E-state index < -0.39 is 0 Å². The molecule has 150 valence electrons. The van der Waals surface area contributed by atoms with E-state index in [2.05, 4.69) is 21.2 Å². The van der Waals surface area contributed by atoms with E-state index in [-0.39, 0.29) is 11.8 Å². The van der Waals surface area contributed by atoms with Crippen molar-refractivity contribution in [2.45, 2.75) is 20.8 Å². The fourth-order valence-corrected chi connectivity index (χ4v) is 3.69. The maximum absolute atomic E-state index is 12.7. The summed E-state index contributed by atoms with van der Waals surface area (Å²) in [6.07, 6.45) is 3.09. The van der Waals surface area contributed by atoms with Crippen LogP contribution in [0.1, 0.15) is 18.1 Å². The molecule has 30 heavy (non-hydrogen) atoms. The first kappa shape index (κ1) is 19.8. The second kappa shape index (κ2) is 8.08. The van der Waals surface area contributed by atoms with E-state index >= 15 is 0 Å². The van der Waals surface area contributed by atoms with Crippen LogP contribution in [0.5, 0.6) is 0 Å². The molecule has 2 aromatic heterocycles. The van der Waals surface area contributed by atoms with Gasteiger partial charge in [0.25, 0.3) is 0 Å². The lowest BCUT2D eigenvalue weighted by Crippen LogP contribution is -2.23. The molecule has 0 aliphatic rings. The SMILES string of the molecule is CC(=O)N(c1ccccc1Cl)c1onc(-c2cc(C)cc(C)c2)c1-c1ccncn1. The lowest BCUT2D eigenvalue weighted by atomic mass is 10.0. The second-order valence-corrected chi connectivity index (χ2v) is 7.40. The number of carbonyl (C=O) groups excluding carboxylic acids is 1. The van der Waals surface area contributed by atoms with Gasteiger partial charge in [-0.1, -0.05) is 46.1 Å². The Morgan fingerprint density at radius 1 is 1.07 bits per heavy atom. The summed E-state index contributed by atoms with van der Waals surface area (Å²) in [6.45, 7) is 5.49. The van der Waals surface area contributed by atoms with Crippen LogP contribution in [0.15, 0.2) is 65.6 Å². The second-order valence-electron chi connectivity index (χ2n) is 6.99. The molecule has 4 rings (SSSR count). The van der Waals surface area contributed by atoms with Gasteiger partial charge < -0.3 is 4.52 Å². The fraction of sp³-hybridized carbons (Fsp3) is 0.130. The lowest BCUT2D eigenvalue weighted by Gasteiger charge is -2.20. The number of anilines is 2.